The zero-order chi connectivity index (χ0) is 20.5. The summed E-state index contributed by atoms with van der Waals surface area (Å²) in [5, 5.41) is 0. The molecule has 0 fully saturated rings. The second kappa shape index (κ2) is 10.1. The molecule has 0 heterocycles. The van der Waals surface area contributed by atoms with Crippen molar-refractivity contribution in [1.82, 2.24) is 0 Å². The fourth-order valence-electron chi connectivity index (χ4n) is 4.35. The van der Waals surface area contributed by atoms with Gasteiger partial charge in [0.15, 0.2) is 0 Å². The summed E-state index contributed by atoms with van der Waals surface area (Å²) in [6.45, 7) is 4.44. The molecule has 3 aromatic carbocycles. The minimum Gasteiger partial charge on any atom is -0.465 e. The Hall–Kier alpha value is -2.87. The van der Waals surface area contributed by atoms with Crippen LogP contribution in [-0.4, -0.2) is 12.6 Å². The summed E-state index contributed by atoms with van der Waals surface area (Å²) in [5.41, 5.74) is 2.81. The van der Waals surface area contributed by atoms with Crippen LogP contribution in [-0.2, 0) is 14.9 Å². The number of esters is 1. The first kappa shape index (κ1) is 20.9. The molecule has 3 rings (SSSR count). The Balaban J connectivity index is 2.32. The predicted octanol–water partition coefficient (Wildman–Crippen LogP) is 6.51. The van der Waals surface area contributed by atoms with Crippen LogP contribution >= 0.6 is 0 Å². The van der Waals surface area contributed by atoms with Gasteiger partial charge in [0.25, 0.3) is 0 Å². The molecule has 2 heteroatoms. The third-order valence-electron chi connectivity index (χ3n) is 5.65. The molecule has 0 aliphatic rings. The van der Waals surface area contributed by atoms with Crippen LogP contribution in [0.4, 0.5) is 0 Å². The Morgan fingerprint density at radius 3 is 1.72 bits per heavy atom. The predicted molar refractivity (Wildman–Crippen MR) is 119 cm³/mol. The van der Waals surface area contributed by atoms with Gasteiger partial charge in [-0.2, -0.15) is 0 Å². The van der Waals surface area contributed by atoms with Crippen molar-refractivity contribution in [2.24, 2.45) is 0 Å². The number of carbonyl (C=O) groups is 1. The summed E-state index contributed by atoms with van der Waals surface area (Å²) < 4.78 is 5.65. The van der Waals surface area contributed by atoms with E-state index < -0.39 is 11.3 Å². The monoisotopic (exact) mass is 386 g/mol. The minimum atomic E-state index is -0.494. The van der Waals surface area contributed by atoms with E-state index in [-0.39, 0.29) is 5.97 Å². The van der Waals surface area contributed by atoms with Crippen LogP contribution in [0.1, 0.15) is 55.7 Å². The van der Waals surface area contributed by atoms with E-state index in [4.69, 9.17) is 4.74 Å². The second-order valence-corrected chi connectivity index (χ2v) is 7.40. The van der Waals surface area contributed by atoms with Gasteiger partial charge in [-0.05, 0) is 30.0 Å². The SMILES string of the molecule is CCCCC(c1ccccc1)(c1ccccc1)C(C(=O)OCC)c1ccccc1. The number of benzene rings is 3. The number of unbranched alkanes of at least 4 members (excludes halogenated alkanes) is 1. The summed E-state index contributed by atoms with van der Waals surface area (Å²) in [7, 11) is 0. The fraction of sp³-hybridized carbons (Fsp3) is 0.296. The molecule has 1 atom stereocenters. The number of ether oxygens (including phenoxy) is 1. The lowest BCUT2D eigenvalue weighted by Gasteiger charge is -2.41. The maximum atomic E-state index is 13.5. The lowest BCUT2D eigenvalue weighted by Crippen LogP contribution is -2.40. The molecule has 0 bridgehead atoms. The molecule has 3 aromatic rings. The number of carbonyl (C=O) groups excluding carboxylic acids is 1. The average molecular weight is 387 g/mol. The van der Waals surface area contributed by atoms with Crippen molar-refractivity contribution in [3.63, 3.8) is 0 Å². The van der Waals surface area contributed by atoms with Crippen molar-refractivity contribution in [2.45, 2.75) is 44.4 Å². The van der Waals surface area contributed by atoms with Crippen molar-refractivity contribution in [3.05, 3.63) is 108 Å². The zero-order valence-corrected chi connectivity index (χ0v) is 17.4. The summed E-state index contributed by atoms with van der Waals surface area (Å²) >= 11 is 0. The van der Waals surface area contributed by atoms with Gasteiger partial charge in [0, 0.05) is 5.41 Å². The van der Waals surface area contributed by atoms with Crippen molar-refractivity contribution in [1.29, 1.82) is 0 Å². The molecule has 0 saturated carbocycles. The van der Waals surface area contributed by atoms with E-state index in [0.29, 0.717) is 6.61 Å². The third kappa shape index (κ3) is 4.42. The first-order chi connectivity index (χ1) is 14.2. The average Bonchev–Trinajstić information content (AvgIpc) is 2.78. The molecular formula is C27H30O2. The summed E-state index contributed by atoms with van der Waals surface area (Å²) in [6.07, 6.45) is 2.95. The lowest BCUT2D eigenvalue weighted by molar-refractivity contribution is -0.146. The molecule has 0 spiro atoms. The Morgan fingerprint density at radius 2 is 1.28 bits per heavy atom. The van der Waals surface area contributed by atoms with E-state index in [0.717, 1.165) is 36.0 Å². The summed E-state index contributed by atoms with van der Waals surface area (Å²) in [6, 6.07) is 31.0. The highest BCUT2D eigenvalue weighted by Crippen LogP contribution is 2.49. The van der Waals surface area contributed by atoms with Gasteiger partial charge in [-0.3, -0.25) is 4.79 Å². The summed E-state index contributed by atoms with van der Waals surface area (Å²) in [4.78, 5) is 13.5. The van der Waals surface area contributed by atoms with Gasteiger partial charge in [-0.1, -0.05) is 111 Å². The topological polar surface area (TPSA) is 26.3 Å². The third-order valence-corrected chi connectivity index (χ3v) is 5.65. The van der Waals surface area contributed by atoms with E-state index in [9.17, 15) is 4.79 Å². The maximum Gasteiger partial charge on any atom is 0.314 e. The van der Waals surface area contributed by atoms with E-state index in [1.807, 2.05) is 49.4 Å². The van der Waals surface area contributed by atoms with Crippen LogP contribution in [0.3, 0.4) is 0 Å². The van der Waals surface area contributed by atoms with Gasteiger partial charge < -0.3 is 4.74 Å². The van der Waals surface area contributed by atoms with Gasteiger partial charge in [0.05, 0.1) is 12.5 Å². The van der Waals surface area contributed by atoms with Gasteiger partial charge in [0.2, 0.25) is 0 Å². The van der Waals surface area contributed by atoms with Crippen molar-refractivity contribution < 1.29 is 9.53 Å². The van der Waals surface area contributed by atoms with Crippen molar-refractivity contribution >= 4 is 5.97 Å². The highest BCUT2D eigenvalue weighted by atomic mass is 16.5. The molecule has 0 aromatic heterocycles. The number of rotatable bonds is 9. The normalized spacial score (nSPS) is 12.3. The van der Waals surface area contributed by atoms with Crippen LogP contribution in [0.5, 0.6) is 0 Å². The minimum absolute atomic E-state index is 0.164. The molecule has 0 N–H and O–H groups in total. The number of hydrogen-bond donors (Lipinski definition) is 0. The van der Waals surface area contributed by atoms with Crippen molar-refractivity contribution in [2.75, 3.05) is 6.61 Å². The van der Waals surface area contributed by atoms with E-state index in [1.165, 1.54) is 0 Å². The molecule has 0 amide bonds. The molecule has 0 radical (unpaired) electrons. The molecule has 0 aliphatic carbocycles. The molecule has 0 aliphatic heterocycles. The molecule has 2 nitrogen and oxygen atoms in total. The Labute approximate surface area is 174 Å². The molecule has 29 heavy (non-hydrogen) atoms. The number of hydrogen-bond acceptors (Lipinski definition) is 2. The van der Waals surface area contributed by atoms with Crippen LogP contribution in [0, 0.1) is 0 Å². The fourth-order valence-corrected chi connectivity index (χ4v) is 4.35. The smallest absolute Gasteiger partial charge is 0.314 e. The quantitative estimate of drug-likeness (QED) is 0.392. The Morgan fingerprint density at radius 1 is 0.793 bits per heavy atom. The molecule has 150 valence electrons. The maximum absolute atomic E-state index is 13.5. The van der Waals surface area contributed by atoms with Crippen molar-refractivity contribution in [3.8, 4) is 0 Å². The van der Waals surface area contributed by atoms with Crippen LogP contribution in [0.2, 0.25) is 0 Å². The highest BCUT2D eigenvalue weighted by Gasteiger charge is 2.47. The Bertz CT molecular complexity index is 833. The second-order valence-electron chi connectivity index (χ2n) is 7.40. The van der Waals surface area contributed by atoms with E-state index >= 15 is 0 Å². The van der Waals surface area contributed by atoms with E-state index in [2.05, 4.69) is 55.5 Å². The molecule has 1 unspecified atom stereocenters. The highest BCUT2D eigenvalue weighted by molar-refractivity contribution is 5.82. The van der Waals surface area contributed by atoms with Crippen LogP contribution in [0.25, 0.3) is 0 Å². The first-order valence-corrected chi connectivity index (χ1v) is 10.6. The van der Waals surface area contributed by atoms with Crippen LogP contribution in [0.15, 0.2) is 91.0 Å². The molecule has 0 saturated heterocycles. The van der Waals surface area contributed by atoms with Gasteiger partial charge in [-0.25, -0.2) is 0 Å². The standard InChI is InChI=1S/C27H30O2/c1-3-5-21-27(23-17-11-7-12-18-23,24-19-13-8-14-20-24)25(26(28)29-4-2)22-15-9-6-10-16-22/h6-20,25H,3-5,21H2,1-2H3. The van der Waals surface area contributed by atoms with E-state index in [1.54, 1.807) is 0 Å². The molecular weight excluding hydrogens is 356 g/mol. The lowest BCUT2D eigenvalue weighted by atomic mass is 9.61. The van der Waals surface area contributed by atoms with Gasteiger partial charge in [-0.15, -0.1) is 0 Å². The largest absolute Gasteiger partial charge is 0.465 e. The summed E-state index contributed by atoms with van der Waals surface area (Å²) in [5.74, 6) is -0.581. The van der Waals surface area contributed by atoms with Crippen LogP contribution < -0.4 is 0 Å². The Kier molecular flexibility index (Phi) is 7.24. The van der Waals surface area contributed by atoms with Gasteiger partial charge >= 0.3 is 5.97 Å². The first-order valence-electron chi connectivity index (χ1n) is 10.6. The zero-order valence-electron chi connectivity index (χ0n) is 17.4. The van der Waals surface area contributed by atoms with Gasteiger partial charge in [0.1, 0.15) is 0 Å².